The minimum atomic E-state index is -1.26. The van der Waals surface area contributed by atoms with E-state index in [9.17, 15) is 9.90 Å². The number of benzene rings is 1. The summed E-state index contributed by atoms with van der Waals surface area (Å²) in [5.74, 6) is -0.558. The van der Waals surface area contributed by atoms with E-state index in [0.29, 0.717) is 40.7 Å². The van der Waals surface area contributed by atoms with Crippen molar-refractivity contribution in [3.8, 4) is 16.9 Å². The number of pyridine rings is 1. The lowest BCUT2D eigenvalue weighted by Gasteiger charge is -2.29. The standard InChI is InChI=1S/C30H37FN2O4/c1-15-18(4)33(14-19-10-11-19)28-23(15)25(21-13-22(31)26-20(16(21)2)9-8-12-36-26)24(17(3)32-28)27(29(34)35)37-30(5,6)7/h13,19,27H,8-12,14H2,1-7H3,(H,34,35)/t27-/m0/s1. The van der Waals surface area contributed by atoms with Gasteiger partial charge in [-0.3, -0.25) is 0 Å². The number of fused-ring (bicyclic) bond motifs is 2. The number of aromatic nitrogens is 2. The molecule has 1 saturated carbocycles. The van der Waals surface area contributed by atoms with Gasteiger partial charge in [0.2, 0.25) is 0 Å². The Hall–Kier alpha value is -2.93. The quantitative estimate of drug-likeness (QED) is 0.399. The zero-order chi connectivity index (χ0) is 26.8. The van der Waals surface area contributed by atoms with Crippen LogP contribution in [0.2, 0.25) is 0 Å². The summed E-state index contributed by atoms with van der Waals surface area (Å²) < 4.78 is 29.6. The lowest BCUT2D eigenvalue weighted by atomic mass is 9.86. The molecule has 3 aromatic rings. The third-order valence-electron chi connectivity index (χ3n) is 7.79. The van der Waals surface area contributed by atoms with Crippen molar-refractivity contribution < 1.29 is 23.8 Å². The van der Waals surface area contributed by atoms with Crippen molar-refractivity contribution in [3.05, 3.63) is 45.5 Å². The molecule has 5 rings (SSSR count). The van der Waals surface area contributed by atoms with E-state index in [2.05, 4.69) is 18.4 Å². The van der Waals surface area contributed by atoms with E-state index in [4.69, 9.17) is 14.5 Å². The van der Waals surface area contributed by atoms with E-state index in [0.717, 1.165) is 52.8 Å². The maximum absolute atomic E-state index is 15.5. The summed E-state index contributed by atoms with van der Waals surface area (Å²) >= 11 is 0. The molecule has 1 aromatic carbocycles. The molecule has 0 spiro atoms. The van der Waals surface area contributed by atoms with Gasteiger partial charge in [-0.05, 0) is 103 Å². The predicted octanol–water partition coefficient (Wildman–Crippen LogP) is 6.75. The van der Waals surface area contributed by atoms with Crippen molar-refractivity contribution in [2.45, 2.75) is 92.4 Å². The number of aryl methyl sites for hydroxylation is 2. The van der Waals surface area contributed by atoms with Gasteiger partial charge in [-0.15, -0.1) is 0 Å². The number of aliphatic carboxylic acids is 1. The molecule has 2 aromatic heterocycles. The van der Waals surface area contributed by atoms with Crippen LogP contribution in [0.3, 0.4) is 0 Å². The van der Waals surface area contributed by atoms with E-state index in [1.54, 1.807) is 0 Å². The molecule has 7 heteroatoms. The van der Waals surface area contributed by atoms with Crippen LogP contribution in [-0.2, 0) is 22.5 Å². The van der Waals surface area contributed by atoms with Crippen LogP contribution in [0.4, 0.5) is 4.39 Å². The van der Waals surface area contributed by atoms with E-state index in [1.165, 1.54) is 18.9 Å². The van der Waals surface area contributed by atoms with E-state index in [1.807, 2.05) is 34.6 Å². The van der Waals surface area contributed by atoms with E-state index < -0.39 is 23.5 Å². The van der Waals surface area contributed by atoms with Gasteiger partial charge in [0, 0.05) is 40.0 Å². The van der Waals surface area contributed by atoms with Crippen LogP contribution < -0.4 is 4.74 Å². The Morgan fingerprint density at radius 2 is 1.95 bits per heavy atom. The Labute approximate surface area is 217 Å². The van der Waals surface area contributed by atoms with E-state index >= 15 is 4.39 Å². The summed E-state index contributed by atoms with van der Waals surface area (Å²) in [6.45, 7) is 14.9. The zero-order valence-corrected chi connectivity index (χ0v) is 22.9. The number of carbonyl (C=O) groups is 1. The zero-order valence-electron chi connectivity index (χ0n) is 22.9. The van der Waals surface area contributed by atoms with Gasteiger partial charge < -0.3 is 19.1 Å². The van der Waals surface area contributed by atoms with Crippen molar-refractivity contribution in [2.24, 2.45) is 5.92 Å². The summed E-state index contributed by atoms with van der Waals surface area (Å²) in [5.41, 5.74) is 6.48. The molecule has 0 saturated heterocycles. The molecule has 1 N–H and O–H groups in total. The number of carboxylic acids is 1. The van der Waals surface area contributed by atoms with Crippen molar-refractivity contribution >= 4 is 17.0 Å². The molecule has 0 amide bonds. The topological polar surface area (TPSA) is 73.6 Å². The molecule has 1 atom stereocenters. The lowest BCUT2D eigenvalue weighted by molar-refractivity contribution is -0.160. The van der Waals surface area contributed by atoms with Gasteiger partial charge in [0.05, 0.1) is 12.2 Å². The predicted molar refractivity (Wildman–Crippen MR) is 142 cm³/mol. The average molecular weight is 509 g/mol. The van der Waals surface area contributed by atoms with Crippen LogP contribution in [0.1, 0.15) is 79.8 Å². The Kier molecular flexibility index (Phi) is 6.34. The van der Waals surface area contributed by atoms with Crippen molar-refractivity contribution in [1.29, 1.82) is 0 Å². The molecule has 6 nitrogen and oxygen atoms in total. The number of ether oxygens (including phenoxy) is 2. The van der Waals surface area contributed by atoms with Gasteiger partial charge in [-0.2, -0.15) is 0 Å². The second-order valence-corrected chi connectivity index (χ2v) is 11.7. The molecule has 3 heterocycles. The van der Waals surface area contributed by atoms with Crippen LogP contribution >= 0.6 is 0 Å². The summed E-state index contributed by atoms with van der Waals surface area (Å²) in [6, 6.07) is 1.51. The average Bonchev–Trinajstić information content (AvgIpc) is 3.62. The van der Waals surface area contributed by atoms with Crippen molar-refractivity contribution in [3.63, 3.8) is 0 Å². The van der Waals surface area contributed by atoms with Crippen LogP contribution in [-0.4, -0.2) is 32.8 Å². The van der Waals surface area contributed by atoms with Gasteiger partial charge >= 0.3 is 5.97 Å². The van der Waals surface area contributed by atoms with Gasteiger partial charge in [-0.1, -0.05) is 0 Å². The maximum Gasteiger partial charge on any atom is 0.337 e. The van der Waals surface area contributed by atoms with Crippen LogP contribution in [0.5, 0.6) is 5.75 Å². The van der Waals surface area contributed by atoms with Crippen LogP contribution in [0.25, 0.3) is 22.2 Å². The first-order valence-electron chi connectivity index (χ1n) is 13.2. The van der Waals surface area contributed by atoms with Crippen LogP contribution in [0, 0.1) is 39.4 Å². The van der Waals surface area contributed by atoms with E-state index in [-0.39, 0.29) is 0 Å². The Morgan fingerprint density at radius 1 is 1.24 bits per heavy atom. The summed E-state index contributed by atoms with van der Waals surface area (Å²) in [5, 5.41) is 11.3. The number of hydrogen-bond donors (Lipinski definition) is 1. The molecule has 37 heavy (non-hydrogen) atoms. The summed E-state index contributed by atoms with van der Waals surface area (Å²) in [4.78, 5) is 17.7. The minimum absolute atomic E-state index is 0.316. The highest BCUT2D eigenvalue weighted by Gasteiger charge is 2.35. The minimum Gasteiger partial charge on any atom is -0.490 e. The van der Waals surface area contributed by atoms with Crippen LogP contribution in [0.15, 0.2) is 6.07 Å². The van der Waals surface area contributed by atoms with Gasteiger partial charge in [0.15, 0.2) is 17.7 Å². The Bertz CT molecular complexity index is 1410. The molecule has 0 bridgehead atoms. The normalized spacial score (nSPS) is 16.5. The van der Waals surface area contributed by atoms with Gasteiger partial charge in [-0.25, -0.2) is 14.2 Å². The molecule has 1 fully saturated rings. The number of nitrogens with zero attached hydrogens (tertiary/aromatic N) is 2. The monoisotopic (exact) mass is 508 g/mol. The first-order valence-corrected chi connectivity index (χ1v) is 13.2. The fraction of sp³-hybridized carbons (Fsp3) is 0.533. The molecule has 1 aliphatic carbocycles. The van der Waals surface area contributed by atoms with Crippen molar-refractivity contribution in [2.75, 3.05) is 6.61 Å². The molecular weight excluding hydrogens is 471 g/mol. The van der Waals surface area contributed by atoms with Crippen molar-refractivity contribution in [1.82, 2.24) is 9.55 Å². The third-order valence-corrected chi connectivity index (χ3v) is 7.79. The summed E-state index contributed by atoms with van der Waals surface area (Å²) in [6.07, 6.45) is 2.69. The Morgan fingerprint density at radius 3 is 2.57 bits per heavy atom. The number of carboxylic acid groups (broad SMARTS) is 1. The molecule has 198 valence electrons. The number of hydrogen-bond acceptors (Lipinski definition) is 4. The third kappa shape index (κ3) is 4.52. The lowest BCUT2D eigenvalue weighted by Crippen LogP contribution is -2.28. The highest BCUT2D eigenvalue weighted by Crippen LogP contribution is 2.46. The highest BCUT2D eigenvalue weighted by atomic mass is 19.1. The SMILES string of the molecule is Cc1nc2c(c(C)c(C)n2CC2CC2)c(-c2cc(F)c3c(c2C)CCCO3)c1[C@H](OC(C)(C)C)C(=O)O. The number of halogens is 1. The van der Waals surface area contributed by atoms with Gasteiger partial charge in [0.25, 0.3) is 0 Å². The maximum atomic E-state index is 15.5. The molecule has 1 aliphatic heterocycles. The molecule has 0 unspecified atom stereocenters. The first-order chi connectivity index (χ1) is 17.4. The smallest absolute Gasteiger partial charge is 0.337 e. The fourth-order valence-corrected chi connectivity index (χ4v) is 5.68. The second-order valence-electron chi connectivity index (χ2n) is 11.7. The second kappa shape index (κ2) is 9.12. The largest absolute Gasteiger partial charge is 0.490 e. The molecule has 2 aliphatic rings. The number of rotatable bonds is 6. The highest BCUT2D eigenvalue weighted by molar-refractivity contribution is 6.01. The summed E-state index contributed by atoms with van der Waals surface area (Å²) in [7, 11) is 0. The first kappa shape index (κ1) is 25.7. The molecule has 0 radical (unpaired) electrons. The Balaban J connectivity index is 1.90. The molecular formula is C30H37FN2O4. The van der Waals surface area contributed by atoms with Gasteiger partial charge in [0.1, 0.15) is 5.65 Å². The fourth-order valence-electron chi connectivity index (χ4n) is 5.68.